The Bertz CT molecular complexity index is 1260. The van der Waals surface area contributed by atoms with Gasteiger partial charge in [-0.05, 0) is 46.0 Å². The molecule has 8 heteroatoms. The molecule has 0 aromatic carbocycles. The number of amides is 1. The lowest BCUT2D eigenvalue weighted by Gasteiger charge is -2.46. The number of quaternary nitrogens is 1. The Morgan fingerprint density at radius 3 is 2.67 bits per heavy atom. The Hall–Kier alpha value is -3.23. The van der Waals surface area contributed by atoms with Crippen molar-refractivity contribution in [3.05, 3.63) is 71.5 Å². The zero-order chi connectivity index (χ0) is 27.3. The first kappa shape index (κ1) is 26.0. The molecule has 2 saturated carbocycles. The minimum absolute atomic E-state index is 0.0422. The number of nitrogens with zero attached hydrogens (tertiary/aromatic N) is 4. The smallest absolute Gasteiger partial charge is 0.413 e. The van der Waals surface area contributed by atoms with E-state index < -0.39 is 12.1 Å². The predicted molar refractivity (Wildman–Crippen MR) is 148 cm³/mol. The van der Waals surface area contributed by atoms with E-state index in [4.69, 9.17) is 4.74 Å². The molecule has 4 unspecified atom stereocenters. The molecule has 6 aliphatic rings. The van der Waals surface area contributed by atoms with Gasteiger partial charge in [0.25, 0.3) is 0 Å². The van der Waals surface area contributed by atoms with Crippen LogP contribution in [0.25, 0.3) is 0 Å². The molecule has 3 heterocycles. The van der Waals surface area contributed by atoms with Crippen LogP contribution in [0.4, 0.5) is 4.79 Å². The Kier molecular flexibility index (Phi) is 6.71. The highest BCUT2D eigenvalue weighted by atomic mass is 16.5. The van der Waals surface area contributed by atoms with E-state index in [0.29, 0.717) is 23.0 Å². The van der Waals surface area contributed by atoms with Crippen molar-refractivity contribution < 1.29 is 23.6 Å². The van der Waals surface area contributed by atoms with Crippen LogP contribution in [0.5, 0.6) is 0 Å². The molecular weight excluding hydrogens is 492 g/mol. The summed E-state index contributed by atoms with van der Waals surface area (Å²) in [6.45, 7) is 1.04. The summed E-state index contributed by atoms with van der Waals surface area (Å²) < 4.78 is 5.57. The molecular formula is C31H39N4O4+. The molecule has 0 N–H and O–H groups in total. The Morgan fingerprint density at radius 2 is 1.92 bits per heavy atom. The first-order valence-corrected chi connectivity index (χ1v) is 14.3. The molecule has 2 fully saturated rings. The number of methoxy groups -OCH3 is 1. The Balaban J connectivity index is 1.57. The van der Waals surface area contributed by atoms with Crippen molar-refractivity contribution in [2.75, 3.05) is 34.3 Å². The fraction of sp³-hybridized carbons (Fsp3) is 0.516. The third-order valence-electron chi connectivity index (χ3n) is 9.39. The van der Waals surface area contributed by atoms with E-state index >= 15 is 0 Å². The fourth-order valence-electron chi connectivity index (χ4n) is 7.54. The normalized spacial score (nSPS) is 31.9. The van der Waals surface area contributed by atoms with Gasteiger partial charge in [-0.25, -0.2) is 4.79 Å². The lowest BCUT2D eigenvalue weighted by Crippen LogP contribution is -2.55. The number of carbonyl (C=O) groups is 3. The molecule has 1 amide bonds. The molecule has 0 spiro atoms. The summed E-state index contributed by atoms with van der Waals surface area (Å²) in [5.74, 6) is -0.143. The second-order valence-electron chi connectivity index (χ2n) is 11.9. The maximum atomic E-state index is 14.3. The molecule has 3 aliphatic heterocycles. The Morgan fingerprint density at radius 1 is 1.13 bits per heavy atom. The van der Waals surface area contributed by atoms with Crippen molar-refractivity contribution in [2.45, 2.75) is 63.1 Å². The number of carbonyl (C=O) groups excluding carboxylic acids is 3. The van der Waals surface area contributed by atoms with Crippen LogP contribution in [-0.2, 0) is 14.3 Å². The van der Waals surface area contributed by atoms with Gasteiger partial charge in [-0.15, -0.1) is 0 Å². The van der Waals surface area contributed by atoms with Crippen molar-refractivity contribution in [3.8, 4) is 0 Å². The van der Waals surface area contributed by atoms with Crippen LogP contribution in [-0.4, -0.2) is 89.3 Å². The minimum Gasteiger partial charge on any atom is -0.452 e. The van der Waals surface area contributed by atoms with Crippen LogP contribution in [0, 0.1) is 5.92 Å². The molecule has 0 aromatic rings. The maximum Gasteiger partial charge on any atom is 0.413 e. The molecule has 4 atom stereocenters. The molecule has 39 heavy (non-hydrogen) atoms. The average molecular weight is 532 g/mol. The number of fused-ring (bicyclic) bond motifs is 6. The van der Waals surface area contributed by atoms with Gasteiger partial charge in [-0.1, -0.05) is 24.6 Å². The van der Waals surface area contributed by atoms with Crippen molar-refractivity contribution >= 4 is 17.7 Å². The number of hydrogen-bond acceptors (Lipinski definition) is 6. The van der Waals surface area contributed by atoms with Gasteiger partial charge >= 0.3 is 6.09 Å². The highest BCUT2D eigenvalue weighted by molar-refractivity contribution is 6.11. The molecule has 0 radical (unpaired) electrons. The van der Waals surface area contributed by atoms with Crippen LogP contribution < -0.4 is 0 Å². The van der Waals surface area contributed by atoms with E-state index in [1.807, 2.05) is 19.0 Å². The molecule has 8 nitrogen and oxygen atoms in total. The third kappa shape index (κ3) is 4.16. The van der Waals surface area contributed by atoms with Gasteiger partial charge in [-0.2, -0.15) is 0 Å². The lowest BCUT2D eigenvalue weighted by molar-refractivity contribution is -0.875. The van der Waals surface area contributed by atoms with Gasteiger partial charge in [0.05, 0.1) is 31.0 Å². The van der Waals surface area contributed by atoms with E-state index in [1.54, 1.807) is 17.3 Å². The van der Waals surface area contributed by atoms with Crippen molar-refractivity contribution in [2.24, 2.45) is 5.92 Å². The second kappa shape index (κ2) is 10.1. The van der Waals surface area contributed by atoms with Crippen LogP contribution in [0.15, 0.2) is 71.5 Å². The summed E-state index contributed by atoms with van der Waals surface area (Å²) in [5.41, 5.74) is 3.68. The third-order valence-corrected chi connectivity index (χ3v) is 9.39. The lowest BCUT2D eigenvalue weighted by atomic mass is 9.76. The number of rotatable bonds is 4. The first-order valence-electron chi connectivity index (χ1n) is 14.3. The zero-order valence-corrected chi connectivity index (χ0v) is 23.2. The molecule has 0 aromatic heterocycles. The summed E-state index contributed by atoms with van der Waals surface area (Å²) in [6, 6.07) is -0.360. The van der Waals surface area contributed by atoms with Gasteiger partial charge in [0.15, 0.2) is 11.6 Å². The van der Waals surface area contributed by atoms with Crippen molar-refractivity contribution in [3.63, 3.8) is 0 Å². The summed E-state index contributed by atoms with van der Waals surface area (Å²) in [7, 11) is 5.37. The van der Waals surface area contributed by atoms with E-state index in [1.165, 1.54) is 19.1 Å². The van der Waals surface area contributed by atoms with Gasteiger partial charge in [0.1, 0.15) is 24.0 Å². The Labute approximate surface area is 230 Å². The monoisotopic (exact) mass is 531 g/mol. The maximum absolute atomic E-state index is 14.3. The fourth-order valence-corrected chi connectivity index (χ4v) is 7.54. The van der Waals surface area contributed by atoms with Gasteiger partial charge in [-0.3, -0.25) is 19.0 Å². The summed E-state index contributed by atoms with van der Waals surface area (Å²) in [4.78, 5) is 46.7. The summed E-state index contributed by atoms with van der Waals surface area (Å²) in [5, 5.41) is 0. The highest BCUT2D eigenvalue weighted by Gasteiger charge is 2.58. The van der Waals surface area contributed by atoms with Crippen molar-refractivity contribution in [1.29, 1.82) is 0 Å². The molecule has 206 valence electrons. The zero-order valence-electron chi connectivity index (χ0n) is 23.2. The van der Waals surface area contributed by atoms with Crippen LogP contribution >= 0.6 is 0 Å². The quantitative estimate of drug-likeness (QED) is 0.511. The number of ketones is 2. The summed E-state index contributed by atoms with van der Waals surface area (Å²) in [6.07, 6.45) is 22.6. The number of ether oxygens (including phenoxy) is 1. The number of Topliss-reactive ketones (excluding diaryl/α,β-unsaturated/α-hetero) is 2. The molecule has 3 aliphatic carbocycles. The standard InChI is InChI=1S/C31H39N4O4/c1-32(2)14-13-22-18-27(36)28-26-17-21-9-7-8-12-25(21)35(26,24-10-5-4-6-11-24)20-23-19-33(31(38)39-3)15-16-34(23)29(28)30(22)37/h7-9,12,15-17,20,22,24-25,29H,4-6,10-11,13-14,18-19H2,1-3H3/q+1. The molecule has 0 bridgehead atoms. The predicted octanol–water partition coefficient (Wildman–Crippen LogP) is 4.01. The SMILES string of the molecule is COC(=O)N1C=CN2C(=C[N+]3(C4CCCCC4)C(=C4C(=O)CC(CCN(C)C)C(=O)C42)C=C2C=CC=CC23)C1. The number of allylic oxidation sites excluding steroid dienone is 3. The number of hydrogen-bond donors (Lipinski definition) is 0. The first-order chi connectivity index (χ1) is 18.8. The van der Waals surface area contributed by atoms with Gasteiger partial charge < -0.3 is 14.5 Å². The van der Waals surface area contributed by atoms with E-state index in [2.05, 4.69) is 41.5 Å². The minimum atomic E-state index is -0.690. The second-order valence-corrected chi connectivity index (χ2v) is 11.9. The highest BCUT2D eigenvalue weighted by Crippen LogP contribution is 2.51. The van der Waals surface area contributed by atoms with Crippen LogP contribution in [0.2, 0.25) is 0 Å². The van der Waals surface area contributed by atoms with Gasteiger partial charge in [0, 0.05) is 49.2 Å². The van der Waals surface area contributed by atoms with Crippen LogP contribution in [0.3, 0.4) is 0 Å². The molecule has 0 saturated heterocycles. The van der Waals surface area contributed by atoms with E-state index in [9.17, 15) is 14.4 Å². The van der Waals surface area contributed by atoms with E-state index in [0.717, 1.165) is 43.6 Å². The van der Waals surface area contributed by atoms with Gasteiger partial charge in [0.2, 0.25) is 0 Å². The average Bonchev–Trinajstić information content (AvgIpc) is 3.20. The largest absolute Gasteiger partial charge is 0.452 e. The molecule has 6 rings (SSSR count). The van der Waals surface area contributed by atoms with E-state index in [-0.39, 0.29) is 36.0 Å². The van der Waals surface area contributed by atoms with Crippen LogP contribution in [0.1, 0.15) is 44.9 Å². The summed E-state index contributed by atoms with van der Waals surface area (Å²) >= 11 is 0. The van der Waals surface area contributed by atoms with Crippen molar-refractivity contribution in [1.82, 2.24) is 14.7 Å². The topological polar surface area (TPSA) is 70.2 Å².